The first-order valence-electron chi connectivity index (χ1n) is 7.17. The first-order chi connectivity index (χ1) is 10.4. The van der Waals surface area contributed by atoms with E-state index in [-0.39, 0.29) is 0 Å². The predicted octanol–water partition coefficient (Wildman–Crippen LogP) is 2.54. The minimum Gasteiger partial charge on any atom is -0.363 e. The van der Waals surface area contributed by atoms with Crippen LogP contribution in [0, 0.1) is 6.92 Å². The van der Waals surface area contributed by atoms with Gasteiger partial charge in [-0.2, -0.15) is 4.31 Å². The molecule has 1 saturated heterocycles. The monoisotopic (exact) mass is 317 g/mol. The van der Waals surface area contributed by atoms with Crippen LogP contribution in [-0.2, 0) is 20.4 Å². The second-order valence-corrected chi connectivity index (χ2v) is 7.77. The third-order valence-corrected chi connectivity index (χ3v) is 5.82. The molecule has 1 heterocycles. The summed E-state index contributed by atoms with van der Waals surface area (Å²) < 4.78 is 32.3. The zero-order chi connectivity index (χ0) is 15.8. The SMILES string of the molecule is Cc1ccc(S(=O)(=O)N(C)CC2(c3ccccc3)CO2)cc1. The topological polar surface area (TPSA) is 49.9 Å². The summed E-state index contributed by atoms with van der Waals surface area (Å²) in [7, 11) is -1.90. The second kappa shape index (κ2) is 5.50. The van der Waals surface area contributed by atoms with E-state index in [1.54, 1.807) is 31.3 Å². The van der Waals surface area contributed by atoms with Crippen molar-refractivity contribution in [3.63, 3.8) is 0 Å². The number of nitrogens with zero attached hydrogens (tertiary/aromatic N) is 1. The fourth-order valence-corrected chi connectivity index (χ4v) is 3.73. The Labute approximate surface area is 131 Å². The molecule has 2 aromatic carbocycles. The van der Waals surface area contributed by atoms with Gasteiger partial charge < -0.3 is 4.74 Å². The van der Waals surface area contributed by atoms with Gasteiger partial charge in [-0.3, -0.25) is 0 Å². The van der Waals surface area contributed by atoms with Gasteiger partial charge in [-0.25, -0.2) is 8.42 Å². The third kappa shape index (κ3) is 2.79. The van der Waals surface area contributed by atoms with Gasteiger partial charge in [0.25, 0.3) is 0 Å². The maximum atomic E-state index is 12.7. The molecule has 1 aliphatic rings. The first kappa shape index (κ1) is 15.2. The Morgan fingerprint density at radius 1 is 1.09 bits per heavy atom. The fourth-order valence-electron chi connectivity index (χ4n) is 2.51. The lowest BCUT2D eigenvalue weighted by atomic mass is 10.0. The molecular weight excluding hydrogens is 298 g/mol. The van der Waals surface area contributed by atoms with Crippen molar-refractivity contribution >= 4 is 10.0 Å². The van der Waals surface area contributed by atoms with Crippen molar-refractivity contribution in [3.8, 4) is 0 Å². The van der Waals surface area contributed by atoms with Crippen molar-refractivity contribution in [2.24, 2.45) is 0 Å². The van der Waals surface area contributed by atoms with Gasteiger partial charge >= 0.3 is 0 Å². The number of hydrogen-bond acceptors (Lipinski definition) is 3. The van der Waals surface area contributed by atoms with E-state index in [1.807, 2.05) is 37.3 Å². The summed E-state index contributed by atoms with van der Waals surface area (Å²) in [6.45, 7) is 2.79. The van der Waals surface area contributed by atoms with E-state index in [1.165, 1.54) is 4.31 Å². The zero-order valence-electron chi connectivity index (χ0n) is 12.7. The van der Waals surface area contributed by atoms with E-state index < -0.39 is 15.6 Å². The summed E-state index contributed by atoms with van der Waals surface area (Å²) in [5.74, 6) is 0. The molecule has 22 heavy (non-hydrogen) atoms. The van der Waals surface area contributed by atoms with Crippen LogP contribution in [0.4, 0.5) is 0 Å². The van der Waals surface area contributed by atoms with Crippen molar-refractivity contribution in [2.45, 2.75) is 17.4 Å². The minimum absolute atomic E-state index is 0.310. The fraction of sp³-hybridized carbons (Fsp3) is 0.294. The van der Waals surface area contributed by atoms with E-state index >= 15 is 0 Å². The molecular formula is C17H19NO3S. The Hall–Kier alpha value is -1.69. The van der Waals surface area contributed by atoms with E-state index in [0.29, 0.717) is 18.0 Å². The lowest BCUT2D eigenvalue weighted by molar-refractivity contribution is 0.266. The number of likely N-dealkylation sites (N-methyl/N-ethyl adjacent to an activating group) is 1. The van der Waals surface area contributed by atoms with Crippen molar-refractivity contribution in [3.05, 3.63) is 65.7 Å². The molecule has 0 aliphatic carbocycles. The van der Waals surface area contributed by atoms with Crippen LogP contribution in [-0.4, -0.2) is 32.9 Å². The lowest BCUT2D eigenvalue weighted by Crippen LogP contribution is -2.35. The van der Waals surface area contributed by atoms with Gasteiger partial charge in [-0.1, -0.05) is 48.0 Å². The largest absolute Gasteiger partial charge is 0.363 e. The highest BCUT2D eigenvalue weighted by Gasteiger charge is 2.48. The van der Waals surface area contributed by atoms with Gasteiger partial charge in [0, 0.05) is 13.6 Å². The van der Waals surface area contributed by atoms with Gasteiger partial charge in [0.15, 0.2) is 0 Å². The van der Waals surface area contributed by atoms with Gasteiger partial charge in [-0.15, -0.1) is 0 Å². The summed E-state index contributed by atoms with van der Waals surface area (Å²) in [4.78, 5) is 0.310. The maximum absolute atomic E-state index is 12.7. The number of sulfonamides is 1. The number of rotatable bonds is 5. The summed E-state index contributed by atoms with van der Waals surface area (Å²) in [5.41, 5.74) is 1.54. The summed E-state index contributed by atoms with van der Waals surface area (Å²) in [6, 6.07) is 16.7. The second-order valence-electron chi connectivity index (χ2n) is 5.72. The van der Waals surface area contributed by atoms with E-state index in [4.69, 9.17) is 4.74 Å². The molecule has 4 nitrogen and oxygen atoms in total. The Kier molecular flexibility index (Phi) is 3.80. The average molecular weight is 317 g/mol. The molecule has 1 fully saturated rings. The molecule has 2 aromatic rings. The molecule has 1 atom stereocenters. The Bertz CT molecular complexity index is 750. The average Bonchev–Trinajstić information content (AvgIpc) is 3.29. The van der Waals surface area contributed by atoms with E-state index in [0.717, 1.165) is 11.1 Å². The van der Waals surface area contributed by atoms with Crippen LogP contribution >= 0.6 is 0 Å². The van der Waals surface area contributed by atoms with Gasteiger partial charge in [-0.05, 0) is 24.6 Å². The standard InChI is InChI=1S/C17H19NO3S/c1-14-8-10-16(11-9-14)22(19,20)18(2)12-17(13-21-17)15-6-4-3-5-7-15/h3-11H,12-13H2,1-2H3. The Morgan fingerprint density at radius 2 is 1.68 bits per heavy atom. The molecule has 3 rings (SSSR count). The van der Waals surface area contributed by atoms with Crippen LogP contribution in [0.15, 0.2) is 59.5 Å². The molecule has 0 N–H and O–H groups in total. The highest BCUT2D eigenvalue weighted by molar-refractivity contribution is 7.89. The van der Waals surface area contributed by atoms with E-state index in [2.05, 4.69) is 0 Å². The normalized spacial score (nSPS) is 21.0. The molecule has 5 heteroatoms. The summed E-state index contributed by atoms with van der Waals surface area (Å²) in [5, 5.41) is 0. The van der Waals surface area contributed by atoms with E-state index in [9.17, 15) is 8.42 Å². The first-order valence-corrected chi connectivity index (χ1v) is 8.61. The number of ether oxygens (including phenoxy) is 1. The number of aryl methyl sites for hydroxylation is 1. The molecule has 0 bridgehead atoms. The van der Waals surface area contributed by atoms with Gasteiger partial charge in [0.05, 0.1) is 11.5 Å². The molecule has 1 aliphatic heterocycles. The molecule has 0 amide bonds. The number of benzene rings is 2. The summed E-state index contributed by atoms with van der Waals surface area (Å²) in [6.07, 6.45) is 0. The molecule has 0 spiro atoms. The van der Waals surface area contributed by atoms with Crippen LogP contribution in [0.5, 0.6) is 0 Å². The number of hydrogen-bond donors (Lipinski definition) is 0. The number of epoxide rings is 1. The van der Waals surface area contributed by atoms with Crippen molar-refractivity contribution < 1.29 is 13.2 Å². The van der Waals surface area contributed by atoms with Gasteiger partial charge in [0.2, 0.25) is 10.0 Å². The minimum atomic E-state index is -3.50. The highest BCUT2D eigenvalue weighted by Crippen LogP contribution is 2.40. The van der Waals surface area contributed by atoms with Crippen LogP contribution in [0.2, 0.25) is 0 Å². The third-order valence-electron chi connectivity index (χ3n) is 4.00. The predicted molar refractivity (Wildman–Crippen MR) is 85.1 cm³/mol. The zero-order valence-corrected chi connectivity index (χ0v) is 13.5. The van der Waals surface area contributed by atoms with Gasteiger partial charge in [0.1, 0.15) is 5.60 Å². The van der Waals surface area contributed by atoms with Crippen molar-refractivity contribution in [2.75, 3.05) is 20.2 Å². The molecule has 116 valence electrons. The maximum Gasteiger partial charge on any atom is 0.242 e. The Balaban J connectivity index is 1.82. The van der Waals surface area contributed by atoms with Crippen LogP contribution in [0.3, 0.4) is 0 Å². The van der Waals surface area contributed by atoms with Crippen LogP contribution in [0.1, 0.15) is 11.1 Å². The molecule has 0 saturated carbocycles. The molecule has 0 radical (unpaired) electrons. The van der Waals surface area contributed by atoms with Crippen LogP contribution in [0.25, 0.3) is 0 Å². The smallest absolute Gasteiger partial charge is 0.242 e. The lowest BCUT2D eigenvalue weighted by Gasteiger charge is -2.21. The molecule has 1 unspecified atom stereocenters. The van der Waals surface area contributed by atoms with Crippen molar-refractivity contribution in [1.29, 1.82) is 0 Å². The van der Waals surface area contributed by atoms with Crippen LogP contribution < -0.4 is 0 Å². The molecule has 0 aromatic heterocycles. The highest BCUT2D eigenvalue weighted by atomic mass is 32.2. The van der Waals surface area contributed by atoms with Crippen molar-refractivity contribution in [1.82, 2.24) is 4.31 Å². The Morgan fingerprint density at radius 3 is 2.23 bits per heavy atom. The quantitative estimate of drug-likeness (QED) is 0.796. The summed E-state index contributed by atoms with van der Waals surface area (Å²) >= 11 is 0.